The Morgan fingerprint density at radius 1 is 0.952 bits per heavy atom. The maximum Gasteiger partial charge on any atom is 0.258 e. The average molecular weight is 277 g/mol. The second kappa shape index (κ2) is 5.32. The van der Waals surface area contributed by atoms with Crippen molar-refractivity contribution >= 4 is 0 Å². The molecule has 0 bridgehead atoms. The van der Waals surface area contributed by atoms with Gasteiger partial charge in [-0.1, -0.05) is 0 Å². The Morgan fingerprint density at radius 3 is 2.48 bits per heavy atom. The Labute approximate surface area is 122 Å². The normalized spacial score (nSPS) is 10.6. The number of hydrogen-bond donors (Lipinski definition) is 0. The van der Waals surface area contributed by atoms with Crippen LogP contribution < -0.4 is 5.56 Å². The molecular formula is C17H15N3O. The van der Waals surface area contributed by atoms with E-state index in [1.807, 2.05) is 38.1 Å². The van der Waals surface area contributed by atoms with Crippen molar-refractivity contribution in [1.82, 2.24) is 14.5 Å². The number of pyridine rings is 3. The summed E-state index contributed by atoms with van der Waals surface area (Å²) in [4.78, 5) is 20.6. The number of hydrogen-bond acceptors (Lipinski definition) is 3. The van der Waals surface area contributed by atoms with Crippen molar-refractivity contribution in [1.29, 1.82) is 0 Å². The molecule has 0 fully saturated rings. The molecule has 21 heavy (non-hydrogen) atoms. The summed E-state index contributed by atoms with van der Waals surface area (Å²) in [6.45, 7) is 3.78. The fourth-order valence-electron chi connectivity index (χ4n) is 2.19. The number of nitrogens with zero attached hydrogens (tertiary/aromatic N) is 3. The molecule has 0 saturated heterocycles. The molecule has 0 aliphatic rings. The van der Waals surface area contributed by atoms with Crippen LogP contribution in [0.15, 0.2) is 60.0 Å². The van der Waals surface area contributed by atoms with Crippen molar-refractivity contribution < 1.29 is 0 Å². The quantitative estimate of drug-likeness (QED) is 0.723. The van der Waals surface area contributed by atoms with Crippen LogP contribution in [-0.4, -0.2) is 14.5 Å². The van der Waals surface area contributed by atoms with Crippen molar-refractivity contribution in [2.24, 2.45) is 0 Å². The Morgan fingerprint density at radius 2 is 1.71 bits per heavy atom. The molecular weight excluding hydrogens is 262 g/mol. The van der Waals surface area contributed by atoms with Gasteiger partial charge in [-0.2, -0.15) is 0 Å². The summed E-state index contributed by atoms with van der Waals surface area (Å²) in [6, 6.07) is 7.74. The molecule has 0 aliphatic carbocycles. The molecule has 104 valence electrons. The predicted molar refractivity (Wildman–Crippen MR) is 82.5 cm³/mol. The first-order valence-electron chi connectivity index (χ1n) is 6.71. The van der Waals surface area contributed by atoms with E-state index in [2.05, 4.69) is 9.97 Å². The first-order valence-corrected chi connectivity index (χ1v) is 6.71. The van der Waals surface area contributed by atoms with Crippen LogP contribution in [-0.2, 0) is 0 Å². The van der Waals surface area contributed by atoms with Gasteiger partial charge in [0.15, 0.2) is 0 Å². The van der Waals surface area contributed by atoms with Gasteiger partial charge in [0, 0.05) is 35.9 Å². The first kappa shape index (κ1) is 13.2. The molecule has 0 spiro atoms. The van der Waals surface area contributed by atoms with Gasteiger partial charge in [0.2, 0.25) is 0 Å². The van der Waals surface area contributed by atoms with Gasteiger partial charge in [-0.05, 0) is 49.2 Å². The van der Waals surface area contributed by atoms with E-state index in [4.69, 9.17) is 0 Å². The molecule has 0 atom stereocenters. The highest BCUT2D eigenvalue weighted by Gasteiger charge is 2.06. The Bertz CT molecular complexity index is 838. The zero-order valence-electron chi connectivity index (χ0n) is 11.9. The van der Waals surface area contributed by atoms with Crippen molar-refractivity contribution in [3.63, 3.8) is 0 Å². The van der Waals surface area contributed by atoms with E-state index in [9.17, 15) is 4.79 Å². The summed E-state index contributed by atoms with van der Waals surface area (Å²) in [5, 5.41) is 0. The summed E-state index contributed by atoms with van der Waals surface area (Å²) in [5.41, 5.74) is 4.48. The third-order valence-corrected chi connectivity index (χ3v) is 3.62. The minimum Gasteiger partial charge on any atom is -0.282 e. The fourth-order valence-corrected chi connectivity index (χ4v) is 2.19. The molecule has 3 aromatic heterocycles. The van der Waals surface area contributed by atoms with Crippen LogP contribution >= 0.6 is 0 Å². The van der Waals surface area contributed by atoms with E-state index in [1.54, 1.807) is 35.6 Å². The molecule has 0 N–H and O–H groups in total. The van der Waals surface area contributed by atoms with Crippen LogP contribution in [0.1, 0.15) is 11.1 Å². The van der Waals surface area contributed by atoms with E-state index in [0.717, 1.165) is 27.9 Å². The van der Waals surface area contributed by atoms with Crippen molar-refractivity contribution in [2.45, 2.75) is 13.8 Å². The van der Waals surface area contributed by atoms with E-state index >= 15 is 0 Å². The van der Waals surface area contributed by atoms with E-state index in [0.29, 0.717) is 0 Å². The van der Waals surface area contributed by atoms with Gasteiger partial charge >= 0.3 is 0 Å². The second-order valence-electron chi connectivity index (χ2n) is 4.97. The van der Waals surface area contributed by atoms with Gasteiger partial charge in [-0.25, -0.2) is 0 Å². The van der Waals surface area contributed by atoms with Gasteiger partial charge in [0.1, 0.15) is 0 Å². The highest BCUT2D eigenvalue weighted by molar-refractivity contribution is 5.64. The zero-order chi connectivity index (χ0) is 14.8. The molecule has 0 amide bonds. The topological polar surface area (TPSA) is 47.8 Å². The minimum atomic E-state index is -0.0105. The lowest BCUT2D eigenvalue weighted by Crippen LogP contribution is -2.21. The number of rotatable bonds is 2. The molecule has 0 unspecified atom stereocenters. The summed E-state index contributed by atoms with van der Waals surface area (Å²) in [6.07, 6.45) is 8.75. The third-order valence-electron chi connectivity index (χ3n) is 3.62. The first-order chi connectivity index (χ1) is 10.2. The smallest absolute Gasteiger partial charge is 0.258 e. The lowest BCUT2D eigenvalue weighted by atomic mass is 10.1. The molecule has 3 heterocycles. The Kier molecular flexibility index (Phi) is 3.36. The molecule has 0 saturated carbocycles. The molecule has 4 nitrogen and oxygen atoms in total. The summed E-state index contributed by atoms with van der Waals surface area (Å²) in [5.74, 6) is 0. The second-order valence-corrected chi connectivity index (χ2v) is 4.97. The van der Waals surface area contributed by atoms with Crippen LogP contribution in [0.5, 0.6) is 0 Å². The summed E-state index contributed by atoms with van der Waals surface area (Å²) < 4.78 is 1.63. The lowest BCUT2D eigenvalue weighted by molar-refractivity contribution is 0.951. The fraction of sp³-hybridized carbons (Fsp3) is 0.118. The molecule has 3 rings (SSSR count). The molecule has 3 aromatic rings. The SMILES string of the molecule is Cc1ccn(-c2cncc(-c3ccncc3)c2)c(=O)c1C. The maximum absolute atomic E-state index is 12.4. The van der Waals surface area contributed by atoms with Gasteiger partial charge in [0.05, 0.1) is 11.9 Å². The van der Waals surface area contributed by atoms with E-state index < -0.39 is 0 Å². The van der Waals surface area contributed by atoms with Crippen molar-refractivity contribution in [3.05, 3.63) is 76.7 Å². The van der Waals surface area contributed by atoms with Crippen molar-refractivity contribution in [3.8, 4) is 16.8 Å². The van der Waals surface area contributed by atoms with Gasteiger partial charge in [0.25, 0.3) is 5.56 Å². The highest BCUT2D eigenvalue weighted by Crippen LogP contribution is 2.19. The molecule has 0 radical (unpaired) electrons. The standard InChI is InChI=1S/C17H15N3O/c1-12-5-8-20(17(21)13(12)2)16-9-15(10-19-11-16)14-3-6-18-7-4-14/h3-11H,1-2H3. The monoisotopic (exact) mass is 277 g/mol. The van der Waals surface area contributed by atoms with E-state index in [1.165, 1.54) is 0 Å². The van der Waals surface area contributed by atoms with E-state index in [-0.39, 0.29) is 5.56 Å². The predicted octanol–water partition coefficient (Wildman–Crippen LogP) is 2.91. The molecule has 0 aromatic carbocycles. The van der Waals surface area contributed by atoms with Gasteiger partial charge < -0.3 is 0 Å². The average Bonchev–Trinajstić information content (AvgIpc) is 2.54. The van der Waals surface area contributed by atoms with Gasteiger partial charge in [-0.15, -0.1) is 0 Å². The maximum atomic E-state index is 12.4. The summed E-state index contributed by atoms with van der Waals surface area (Å²) >= 11 is 0. The van der Waals surface area contributed by atoms with Crippen LogP contribution in [0.25, 0.3) is 16.8 Å². The number of aromatic nitrogens is 3. The highest BCUT2D eigenvalue weighted by atomic mass is 16.1. The largest absolute Gasteiger partial charge is 0.282 e. The van der Waals surface area contributed by atoms with Gasteiger partial charge in [-0.3, -0.25) is 19.3 Å². The Hall–Kier alpha value is -2.75. The van der Waals surface area contributed by atoms with Crippen LogP contribution in [0.4, 0.5) is 0 Å². The molecule has 4 heteroatoms. The number of aryl methyl sites for hydroxylation is 1. The van der Waals surface area contributed by atoms with Crippen LogP contribution in [0, 0.1) is 13.8 Å². The third kappa shape index (κ3) is 2.48. The summed E-state index contributed by atoms with van der Waals surface area (Å²) in [7, 11) is 0. The Balaban J connectivity index is 2.13. The minimum absolute atomic E-state index is 0.0105. The molecule has 0 aliphatic heterocycles. The zero-order valence-corrected chi connectivity index (χ0v) is 11.9. The van der Waals surface area contributed by atoms with Crippen LogP contribution in [0.3, 0.4) is 0 Å². The van der Waals surface area contributed by atoms with Crippen LogP contribution in [0.2, 0.25) is 0 Å². The van der Waals surface area contributed by atoms with Crippen molar-refractivity contribution in [2.75, 3.05) is 0 Å². The lowest BCUT2D eigenvalue weighted by Gasteiger charge is -2.09.